The minimum atomic E-state index is -0.248. The highest BCUT2D eigenvalue weighted by atomic mass is 16.5. The van der Waals surface area contributed by atoms with Crippen molar-refractivity contribution in [2.75, 3.05) is 20.3 Å². The van der Waals surface area contributed by atoms with E-state index in [1.807, 2.05) is 6.08 Å². The minimum Gasteiger partial charge on any atom is -0.466 e. The summed E-state index contributed by atoms with van der Waals surface area (Å²) in [4.78, 5) is 11.0. The first-order valence-corrected chi connectivity index (χ1v) is 4.08. The van der Waals surface area contributed by atoms with Crippen molar-refractivity contribution in [2.45, 2.75) is 13.3 Å². The molecule has 0 aromatic rings. The lowest BCUT2D eigenvalue weighted by Crippen LogP contribution is -2.04. The summed E-state index contributed by atoms with van der Waals surface area (Å²) in [5, 5.41) is 0. The molecule has 0 amide bonds. The first-order chi connectivity index (χ1) is 5.74. The first-order valence-electron chi connectivity index (χ1n) is 4.08. The highest BCUT2D eigenvalue weighted by Gasteiger charge is 2.14. The third-order valence-corrected chi connectivity index (χ3v) is 1.96. The topological polar surface area (TPSA) is 35.5 Å². The summed E-state index contributed by atoms with van der Waals surface area (Å²) >= 11 is 0. The van der Waals surface area contributed by atoms with E-state index in [0.717, 1.165) is 19.6 Å². The van der Waals surface area contributed by atoms with Gasteiger partial charge in [-0.1, -0.05) is 6.08 Å². The van der Waals surface area contributed by atoms with Gasteiger partial charge in [-0.25, -0.2) is 4.79 Å². The summed E-state index contributed by atoms with van der Waals surface area (Å²) in [6.45, 7) is 3.30. The Balaban J connectivity index is 2.48. The maximum atomic E-state index is 11.0. The van der Waals surface area contributed by atoms with Crippen molar-refractivity contribution in [2.24, 2.45) is 5.92 Å². The molecule has 0 spiro atoms. The van der Waals surface area contributed by atoms with Gasteiger partial charge >= 0.3 is 5.97 Å². The zero-order valence-electron chi connectivity index (χ0n) is 7.50. The van der Waals surface area contributed by atoms with Crippen molar-refractivity contribution in [1.82, 2.24) is 0 Å². The lowest BCUT2D eigenvalue weighted by Gasteiger charge is -2.02. The van der Waals surface area contributed by atoms with Crippen LogP contribution in [-0.2, 0) is 14.3 Å². The standard InChI is InChI=1S/C9H14O3/c1-7(9(10)11-2)5-8-3-4-12-6-8/h5,8H,3-4,6H2,1-2H3/b7-5+. The third kappa shape index (κ3) is 2.34. The lowest BCUT2D eigenvalue weighted by molar-refractivity contribution is -0.136. The number of hydrogen-bond acceptors (Lipinski definition) is 3. The van der Waals surface area contributed by atoms with E-state index in [9.17, 15) is 4.79 Å². The second kappa shape index (κ2) is 4.26. The zero-order chi connectivity index (χ0) is 8.97. The molecule has 0 aliphatic carbocycles. The molecule has 0 bridgehead atoms. The summed E-state index contributed by atoms with van der Waals surface area (Å²) in [5.74, 6) is 0.144. The molecular formula is C9H14O3. The molecule has 3 nitrogen and oxygen atoms in total. The Kier molecular flexibility index (Phi) is 3.29. The average Bonchev–Trinajstić information content (AvgIpc) is 2.55. The van der Waals surface area contributed by atoms with Crippen LogP contribution < -0.4 is 0 Å². The number of hydrogen-bond donors (Lipinski definition) is 0. The van der Waals surface area contributed by atoms with E-state index in [2.05, 4.69) is 4.74 Å². The summed E-state index contributed by atoms with van der Waals surface area (Å²) in [6.07, 6.45) is 2.94. The zero-order valence-corrected chi connectivity index (χ0v) is 7.50. The molecule has 1 fully saturated rings. The van der Waals surface area contributed by atoms with Crippen molar-refractivity contribution in [3.8, 4) is 0 Å². The van der Waals surface area contributed by atoms with E-state index in [4.69, 9.17) is 4.74 Å². The molecule has 1 heterocycles. The van der Waals surface area contributed by atoms with Gasteiger partial charge in [0.1, 0.15) is 0 Å². The SMILES string of the molecule is COC(=O)/C(C)=C/C1CCOC1. The summed E-state index contributed by atoms with van der Waals surface area (Å²) < 4.78 is 9.75. The molecule has 1 aliphatic heterocycles. The van der Waals surface area contributed by atoms with Crippen LogP contribution in [0.2, 0.25) is 0 Å². The van der Waals surface area contributed by atoms with E-state index in [1.54, 1.807) is 6.92 Å². The second-order valence-corrected chi connectivity index (χ2v) is 2.96. The average molecular weight is 170 g/mol. The van der Waals surface area contributed by atoms with Gasteiger partial charge in [-0.2, -0.15) is 0 Å². The number of carbonyl (C=O) groups is 1. The Morgan fingerprint density at radius 2 is 2.42 bits per heavy atom. The number of ether oxygens (including phenoxy) is 2. The Morgan fingerprint density at radius 3 is 2.92 bits per heavy atom. The van der Waals surface area contributed by atoms with Gasteiger partial charge in [0.15, 0.2) is 0 Å². The summed E-state index contributed by atoms with van der Waals surface area (Å²) in [5.41, 5.74) is 0.674. The fourth-order valence-corrected chi connectivity index (χ4v) is 1.27. The van der Waals surface area contributed by atoms with Crippen LogP contribution in [-0.4, -0.2) is 26.3 Å². The van der Waals surface area contributed by atoms with E-state index in [0.29, 0.717) is 11.5 Å². The number of rotatable bonds is 2. The van der Waals surface area contributed by atoms with E-state index in [-0.39, 0.29) is 5.97 Å². The van der Waals surface area contributed by atoms with Crippen molar-refractivity contribution < 1.29 is 14.3 Å². The molecule has 12 heavy (non-hydrogen) atoms. The molecule has 1 saturated heterocycles. The molecule has 0 aromatic heterocycles. The highest BCUT2D eigenvalue weighted by molar-refractivity contribution is 5.87. The van der Waals surface area contributed by atoms with E-state index < -0.39 is 0 Å². The Morgan fingerprint density at radius 1 is 1.67 bits per heavy atom. The van der Waals surface area contributed by atoms with Crippen LogP contribution in [0.15, 0.2) is 11.6 Å². The molecule has 0 radical (unpaired) electrons. The van der Waals surface area contributed by atoms with Gasteiger partial charge in [-0.05, 0) is 13.3 Å². The second-order valence-electron chi connectivity index (χ2n) is 2.96. The normalized spacial score (nSPS) is 24.2. The van der Waals surface area contributed by atoms with Crippen molar-refractivity contribution in [1.29, 1.82) is 0 Å². The summed E-state index contributed by atoms with van der Waals surface area (Å²) in [6, 6.07) is 0. The number of carbonyl (C=O) groups excluding carboxylic acids is 1. The van der Waals surface area contributed by atoms with Crippen LogP contribution in [0.5, 0.6) is 0 Å². The highest BCUT2D eigenvalue weighted by Crippen LogP contribution is 2.15. The van der Waals surface area contributed by atoms with Crippen LogP contribution in [0.1, 0.15) is 13.3 Å². The smallest absolute Gasteiger partial charge is 0.333 e. The largest absolute Gasteiger partial charge is 0.466 e. The van der Waals surface area contributed by atoms with Crippen LogP contribution in [0, 0.1) is 5.92 Å². The summed E-state index contributed by atoms with van der Waals surface area (Å²) in [7, 11) is 1.39. The van der Waals surface area contributed by atoms with Crippen LogP contribution >= 0.6 is 0 Å². The van der Waals surface area contributed by atoms with Gasteiger partial charge in [0, 0.05) is 18.1 Å². The van der Waals surface area contributed by atoms with Crippen LogP contribution in [0.3, 0.4) is 0 Å². The fraction of sp³-hybridized carbons (Fsp3) is 0.667. The van der Waals surface area contributed by atoms with Gasteiger partial charge in [-0.15, -0.1) is 0 Å². The number of esters is 1. The molecule has 1 atom stereocenters. The Labute approximate surface area is 72.4 Å². The van der Waals surface area contributed by atoms with Crippen molar-refractivity contribution in [3.05, 3.63) is 11.6 Å². The molecule has 1 rings (SSSR count). The maximum Gasteiger partial charge on any atom is 0.333 e. The maximum absolute atomic E-state index is 11.0. The monoisotopic (exact) mass is 170 g/mol. The predicted molar refractivity (Wildman–Crippen MR) is 44.7 cm³/mol. The fourth-order valence-electron chi connectivity index (χ4n) is 1.27. The molecule has 1 unspecified atom stereocenters. The quantitative estimate of drug-likeness (QED) is 0.460. The molecule has 0 N–H and O–H groups in total. The van der Waals surface area contributed by atoms with Gasteiger partial charge < -0.3 is 9.47 Å². The third-order valence-electron chi connectivity index (χ3n) is 1.96. The molecule has 3 heteroatoms. The Hall–Kier alpha value is -0.830. The molecule has 0 aromatic carbocycles. The van der Waals surface area contributed by atoms with E-state index in [1.165, 1.54) is 7.11 Å². The van der Waals surface area contributed by atoms with Gasteiger partial charge in [0.05, 0.1) is 13.7 Å². The van der Waals surface area contributed by atoms with Crippen LogP contribution in [0.4, 0.5) is 0 Å². The van der Waals surface area contributed by atoms with Gasteiger partial charge in [0.25, 0.3) is 0 Å². The predicted octanol–water partition coefficient (Wildman–Crippen LogP) is 1.14. The van der Waals surface area contributed by atoms with E-state index >= 15 is 0 Å². The molecule has 68 valence electrons. The van der Waals surface area contributed by atoms with Crippen LogP contribution in [0.25, 0.3) is 0 Å². The van der Waals surface area contributed by atoms with Crippen molar-refractivity contribution >= 4 is 5.97 Å². The lowest BCUT2D eigenvalue weighted by atomic mass is 10.1. The molecule has 1 aliphatic rings. The minimum absolute atomic E-state index is 0.248. The van der Waals surface area contributed by atoms with Gasteiger partial charge in [0.2, 0.25) is 0 Å². The van der Waals surface area contributed by atoms with Gasteiger partial charge in [-0.3, -0.25) is 0 Å². The first kappa shape index (κ1) is 9.26. The molecular weight excluding hydrogens is 156 g/mol. The number of methoxy groups -OCH3 is 1. The van der Waals surface area contributed by atoms with Crippen molar-refractivity contribution in [3.63, 3.8) is 0 Å². The Bertz CT molecular complexity index is 190. The molecule has 0 saturated carbocycles.